The van der Waals surface area contributed by atoms with Crippen LogP contribution in [0.25, 0.3) is 10.8 Å². The fourth-order valence-corrected chi connectivity index (χ4v) is 4.14. The molecule has 0 atom stereocenters. The SMILES string of the molecule is Cc1ccc(N2C(=O)c3cccc4c(C(=O)c5cccc([N+](=O)[O-])c5)ccc(c34)C2=O)cc1. The summed E-state index contributed by atoms with van der Waals surface area (Å²) < 4.78 is 0. The molecule has 5 rings (SSSR count). The van der Waals surface area contributed by atoms with Gasteiger partial charge in [0.2, 0.25) is 0 Å². The van der Waals surface area contributed by atoms with E-state index in [1.54, 1.807) is 30.3 Å². The van der Waals surface area contributed by atoms with E-state index in [1.807, 2.05) is 19.1 Å². The van der Waals surface area contributed by atoms with E-state index < -0.39 is 22.5 Å². The van der Waals surface area contributed by atoms with Gasteiger partial charge in [0, 0.05) is 39.8 Å². The number of nitro groups is 1. The molecule has 7 heteroatoms. The number of nitrogens with zero attached hydrogens (tertiary/aromatic N) is 2. The van der Waals surface area contributed by atoms with Crippen molar-refractivity contribution in [2.24, 2.45) is 0 Å². The molecule has 0 spiro atoms. The minimum absolute atomic E-state index is 0.152. The molecule has 4 aromatic rings. The van der Waals surface area contributed by atoms with Gasteiger partial charge in [0.25, 0.3) is 17.5 Å². The Kier molecular flexibility index (Phi) is 4.60. The van der Waals surface area contributed by atoms with Gasteiger partial charge in [-0.3, -0.25) is 24.5 Å². The van der Waals surface area contributed by atoms with Crippen molar-refractivity contribution in [1.29, 1.82) is 0 Å². The minimum atomic E-state index is -0.564. The van der Waals surface area contributed by atoms with Crippen LogP contribution in [0.2, 0.25) is 0 Å². The molecular weight excluding hydrogens is 420 g/mol. The van der Waals surface area contributed by atoms with E-state index in [-0.39, 0.29) is 16.8 Å². The molecule has 0 saturated carbocycles. The van der Waals surface area contributed by atoms with Crippen molar-refractivity contribution < 1.29 is 19.3 Å². The number of rotatable bonds is 4. The van der Waals surface area contributed by atoms with Gasteiger partial charge in [-0.15, -0.1) is 0 Å². The highest BCUT2D eigenvalue weighted by Crippen LogP contribution is 2.35. The Balaban J connectivity index is 1.66. The van der Waals surface area contributed by atoms with Crippen molar-refractivity contribution in [2.75, 3.05) is 4.90 Å². The lowest BCUT2D eigenvalue weighted by Crippen LogP contribution is -2.40. The molecule has 33 heavy (non-hydrogen) atoms. The van der Waals surface area contributed by atoms with Gasteiger partial charge < -0.3 is 0 Å². The largest absolute Gasteiger partial charge is 0.289 e. The number of imide groups is 1. The molecule has 0 N–H and O–H groups in total. The van der Waals surface area contributed by atoms with Crippen molar-refractivity contribution in [3.63, 3.8) is 0 Å². The van der Waals surface area contributed by atoms with Crippen molar-refractivity contribution in [3.8, 4) is 0 Å². The van der Waals surface area contributed by atoms with Gasteiger partial charge in [-0.1, -0.05) is 42.0 Å². The molecule has 1 heterocycles. The second kappa shape index (κ2) is 7.49. The number of aryl methyl sites for hydroxylation is 1. The van der Waals surface area contributed by atoms with E-state index in [2.05, 4.69) is 0 Å². The fourth-order valence-electron chi connectivity index (χ4n) is 4.14. The highest BCUT2D eigenvalue weighted by molar-refractivity contribution is 6.37. The number of benzene rings is 4. The first-order chi connectivity index (χ1) is 15.9. The van der Waals surface area contributed by atoms with Crippen LogP contribution >= 0.6 is 0 Å². The highest BCUT2D eigenvalue weighted by atomic mass is 16.6. The van der Waals surface area contributed by atoms with Gasteiger partial charge in [0.1, 0.15) is 0 Å². The monoisotopic (exact) mass is 436 g/mol. The lowest BCUT2D eigenvalue weighted by molar-refractivity contribution is -0.384. The lowest BCUT2D eigenvalue weighted by Gasteiger charge is -2.27. The Bertz CT molecular complexity index is 1480. The van der Waals surface area contributed by atoms with E-state index in [9.17, 15) is 24.5 Å². The van der Waals surface area contributed by atoms with Crippen LogP contribution in [0.15, 0.2) is 78.9 Å². The molecule has 7 nitrogen and oxygen atoms in total. The molecule has 4 aromatic carbocycles. The summed E-state index contributed by atoms with van der Waals surface area (Å²) in [5, 5.41) is 12.0. The standard InChI is InChI=1S/C26H16N2O5/c1-15-8-10-17(11-9-15)27-25(30)21-7-3-6-19-20(12-13-22(23(19)21)26(27)31)24(29)16-4-2-5-18(14-16)28(32)33/h2-14H,1H3. The topological polar surface area (TPSA) is 97.6 Å². The maximum absolute atomic E-state index is 13.3. The molecule has 0 bridgehead atoms. The Hall–Kier alpha value is -4.65. The predicted octanol–water partition coefficient (Wildman–Crippen LogP) is 5.09. The molecule has 1 aliphatic rings. The zero-order chi connectivity index (χ0) is 23.3. The highest BCUT2D eigenvalue weighted by Gasteiger charge is 2.35. The summed E-state index contributed by atoms with van der Waals surface area (Å²) >= 11 is 0. The molecular formula is C26H16N2O5. The van der Waals surface area contributed by atoms with E-state index in [4.69, 9.17) is 0 Å². The Morgan fingerprint density at radius 1 is 0.848 bits per heavy atom. The number of nitro benzene ring substituents is 1. The van der Waals surface area contributed by atoms with Gasteiger partial charge in [-0.05, 0) is 42.6 Å². The third-order valence-corrected chi connectivity index (χ3v) is 5.76. The summed E-state index contributed by atoms with van der Waals surface area (Å²) in [6, 6.07) is 20.6. The summed E-state index contributed by atoms with van der Waals surface area (Å²) in [6.45, 7) is 1.92. The van der Waals surface area contributed by atoms with Crippen LogP contribution < -0.4 is 4.90 Å². The van der Waals surface area contributed by atoms with Crippen LogP contribution in [0.3, 0.4) is 0 Å². The van der Waals surface area contributed by atoms with Crippen molar-refractivity contribution in [1.82, 2.24) is 0 Å². The van der Waals surface area contributed by atoms with Gasteiger partial charge in [-0.25, -0.2) is 4.90 Å². The average Bonchev–Trinajstić information content (AvgIpc) is 2.83. The van der Waals surface area contributed by atoms with Crippen molar-refractivity contribution >= 4 is 39.7 Å². The zero-order valence-electron chi connectivity index (χ0n) is 17.4. The number of hydrogen-bond donors (Lipinski definition) is 0. The molecule has 0 aliphatic carbocycles. The third kappa shape index (κ3) is 3.18. The maximum Gasteiger partial charge on any atom is 0.270 e. The van der Waals surface area contributed by atoms with Crippen molar-refractivity contribution in [3.05, 3.63) is 117 Å². The normalized spacial score (nSPS) is 12.8. The number of carbonyl (C=O) groups is 3. The molecule has 0 aromatic heterocycles. The minimum Gasteiger partial charge on any atom is -0.289 e. The van der Waals surface area contributed by atoms with Crippen LogP contribution in [0.5, 0.6) is 0 Å². The molecule has 0 radical (unpaired) electrons. The third-order valence-electron chi connectivity index (χ3n) is 5.76. The Morgan fingerprint density at radius 2 is 1.52 bits per heavy atom. The van der Waals surface area contributed by atoms with Crippen LogP contribution in [-0.2, 0) is 0 Å². The average molecular weight is 436 g/mol. The number of amides is 2. The zero-order valence-corrected chi connectivity index (χ0v) is 17.4. The molecule has 1 aliphatic heterocycles. The van der Waals surface area contributed by atoms with Gasteiger partial charge in [0.05, 0.1) is 10.6 Å². The quantitative estimate of drug-likeness (QED) is 0.192. The number of non-ortho nitro benzene ring substituents is 1. The summed E-state index contributed by atoms with van der Waals surface area (Å²) in [7, 11) is 0. The first-order valence-corrected chi connectivity index (χ1v) is 10.2. The van der Waals surface area contributed by atoms with Gasteiger partial charge in [-0.2, -0.15) is 0 Å². The first kappa shape index (κ1) is 20.3. The number of anilines is 1. The number of carbonyl (C=O) groups excluding carboxylic acids is 3. The Morgan fingerprint density at radius 3 is 2.21 bits per heavy atom. The molecule has 160 valence electrons. The molecule has 2 amide bonds. The van der Waals surface area contributed by atoms with Crippen molar-refractivity contribution in [2.45, 2.75) is 6.92 Å². The summed E-state index contributed by atoms with van der Waals surface area (Å²) in [5.41, 5.74) is 2.33. The van der Waals surface area contributed by atoms with E-state index in [1.165, 1.54) is 36.4 Å². The lowest BCUT2D eigenvalue weighted by atomic mass is 9.88. The van der Waals surface area contributed by atoms with Gasteiger partial charge >= 0.3 is 0 Å². The number of ketones is 1. The maximum atomic E-state index is 13.3. The van der Waals surface area contributed by atoms with Crippen LogP contribution in [-0.4, -0.2) is 22.5 Å². The van der Waals surface area contributed by atoms with E-state index >= 15 is 0 Å². The molecule has 0 unspecified atom stereocenters. The summed E-state index contributed by atoms with van der Waals surface area (Å²) in [6.07, 6.45) is 0. The smallest absolute Gasteiger partial charge is 0.270 e. The van der Waals surface area contributed by atoms with Crippen LogP contribution in [0, 0.1) is 17.0 Å². The van der Waals surface area contributed by atoms with E-state index in [0.717, 1.165) is 10.5 Å². The summed E-state index contributed by atoms with van der Waals surface area (Å²) in [4.78, 5) is 51.6. The molecule has 0 fully saturated rings. The summed E-state index contributed by atoms with van der Waals surface area (Å²) in [5.74, 6) is -1.37. The van der Waals surface area contributed by atoms with Crippen LogP contribution in [0.4, 0.5) is 11.4 Å². The number of hydrogen-bond acceptors (Lipinski definition) is 5. The second-order valence-corrected chi connectivity index (χ2v) is 7.81. The van der Waals surface area contributed by atoms with Gasteiger partial charge in [0.15, 0.2) is 5.78 Å². The second-order valence-electron chi connectivity index (χ2n) is 7.81. The van der Waals surface area contributed by atoms with E-state index in [0.29, 0.717) is 27.6 Å². The van der Waals surface area contributed by atoms with Crippen LogP contribution in [0.1, 0.15) is 42.2 Å². The fraction of sp³-hybridized carbons (Fsp3) is 0.0385. The first-order valence-electron chi connectivity index (χ1n) is 10.2. The predicted molar refractivity (Wildman–Crippen MR) is 123 cm³/mol. The molecule has 0 saturated heterocycles. The Labute approximate surface area is 188 Å².